The number of nitrogens with zero attached hydrogens (tertiary/aromatic N) is 4. The number of anilines is 4. The van der Waals surface area contributed by atoms with Crippen molar-refractivity contribution in [3.8, 4) is 0 Å². The molecule has 1 atom stereocenters. The van der Waals surface area contributed by atoms with Crippen LogP contribution in [0.3, 0.4) is 0 Å². The average Bonchev–Trinajstić information content (AvgIpc) is 3.31. The van der Waals surface area contributed by atoms with Gasteiger partial charge in [-0.05, 0) is 29.8 Å². The Morgan fingerprint density at radius 3 is 2.57 bits per heavy atom. The second-order valence-corrected chi connectivity index (χ2v) is 7.54. The molecule has 30 heavy (non-hydrogen) atoms. The van der Waals surface area contributed by atoms with E-state index in [4.69, 9.17) is 4.84 Å². The molecule has 1 aromatic heterocycles. The van der Waals surface area contributed by atoms with E-state index in [2.05, 4.69) is 74.0 Å². The smallest absolute Gasteiger partial charge is 0.158 e. The van der Waals surface area contributed by atoms with Crippen LogP contribution in [0.25, 0.3) is 0 Å². The summed E-state index contributed by atoms with van der Waals surface area (Å²) in [6.45, 7) is 4.83. The number of aromatic nitrogens is 2. The Morgan fingerprint density at radius 2 is 1.77 bits per heavy atom. The van der Waals surface area contributed by atoms with E-state index in [9.17, 15) is 0 Å². The molecule has 0 aliphatic carbocycles. The molecule has 2 fully saturated rings. The fraction of sp³-hybridized carbons (Fsp3) is 0.304. The Bertz CT molecular complexity index is 959. The van der Waals surface area contributed by atoms with E-state index >= 15 is 0 Å². The maximum absolute atomic E-state index is 5.90. The molecular weight excluding hydrogens is 376 g/mol. The first-order valence-corrected chi connectivity index (χ1v) is 10.5. The van der Waals surface area contributed by atoms with E-state index in [0.29, 0.717) is 6.61 Å². The average molecular weight is 403 g/mol. The molecule has 2 aromatic carbocycles. The summed E-state index contributed by atoms with van der Waals surface area (Å²) in [5, 5.41) is 8.67. The molecule has 7 heteroatoms. The number of hydrogen-bond acceptors (Lipinski definition) is 7. The van der Waals surface area contributed by atoms with Gasteiger partial charge in [-0.2, -0.15) is 0 Å². The monoisotopic (exact) mass is 402 g/mol. The van der Waals surface area contributed by atoms with E-state index in [-0.39, 0.29) is 6.04 Å². The van der Waals surface area contributed by atoms with Crippen LogP contribution in [0.5, 0.6) is 0 Å². The van der Waals surface area contributed by atoms with Gasteiger partial charge >= 0.3 is 0 Å². The van der Waals surface area contributed by atoms with Gasteiger partial charge in [0.05, 0.1) is 12.6 Å². The molecule has 1 unspecified atom stereocenters. The summed E-state index contributed by atoms with van der Waals surface area (Å²) in [4.78, 5) is 17.1. The fourth-order valence-corrected chi connectivity index (χ4v) is 4.04. The Hall–Kier alpha value is -3.16. The number of rotatable bonds is 5. The molecule has 2 saturated heterocycles. The van der Waals surface area contributed by atoms with E-state index in [1.165, 1.54) is 11.3 Å². The molecule has 3 heterocycles. The maximum atomic E-state index is 5.90. The lowest BCUT2D eigenvalue weighted by Crippen LogP contribution is -2.43. The van der Waals surface area contributed by atoms with Gasteiger partial charge in [0.2, 0.25) is 0 Å². The highest BCUT2D eigenvalue weighted by Gasteiger charge is 2.29. The molecule has 7 nitrogen and oxygen atoms in total. The van der Waals surface area contributed by atoms with Gasteiger partial charge in [0.25, 0.3) is 0 Å². The lowest BCUT2D eigenvalue weighted by molar-refractivity contribution is 0.157. The highest BCUT2D eigenvalue weighted by atomic mass is 16.7. The molecule has 0 bridgehead atoms. The summed E-state index contributed by atoms with van der Waals surface area (Å²) >= 11 is 0. The van der Waals surface area contributed by atoms with Crippen molar-refractivity contribution >= 4 is 23.0 Å². The molecule has 2 aliphatic rings. The first kappa shape index (κ1) is 18.8. The van der Waals surface area contributed by atoms with Gasteiger partial charge in [-0.1, -0.05) is 30.3 Å². The summed E-state index contributed by atoms with van der Waals surface area (Å²) in [5.41, 5.74) is 3.48. The zero-order valence-corrected chi connectivity index (χ0v) is 16.9. The molecule has 0 saturated carbocycles. The van der Waals surface area contributed by atoms with Gasteiger partial charge in [-0.15, -0.1) is 0 Å². The number of piperazine rings is 1. The summed E-state index contributed by atoms with van der Waals surface area (Å²) < 4.78 is 0. The van der Waals surface area contributed by atoms with Crippen molar-refractivity contribution in [3.63, 3.8) is 0 Å². The first-order valence-electron chi connectivity index (χ1n) is 10.5. The van der Waals surface area contributed by atoms with Gasteiger partial charge in [-0.25, -0.2) is 15.0 Å². The summed E-state index contributed by atoms with van der Waals surface area (Å²) in [7, 11) is 0. The zero-order chi connectivity index (χ0) is 20.2. The number of benzene rings is 2. The molecule has 3 aromatic rings. The van der Waals surface area contributed by atoms with Crippen LogP contribution in [-0.2, 0) is 4.84 Å². The zero-order valence-electron chi connectivity index (χ0n) is 16.9. The van der Waals surface area contributed by atoms with Gasteiger partial charge in [0.1, 0.15) is 12.1 Å². The highest BCUT2D eigenvalue weighted by molar-refractivity contribution is 5.62. The molecule has 0 spiro atoms. The van der Waals surface area contributed by atoms with Crippen molar-refractivity contribution in [1.29, 1.82) is 0 Å². The van der Waals surface area contributed by atoms with Gasteiger partial charge in [0.15, 0.2) is 5.82 Å². The van der Waals surface area contributed by atoms with E-state index in [1.807, 2.05) is 17.2 Å². The van der Waals surface area contributed by atoms with Crippen molar-refractivity contribution in [1.82, 2.24) is 15.3 Å². The lowest BCUT2D eigenvalue weighted by Gasteiger charge is -2.29. The minimum Gasteiger partial charge on any atom is -0.369 e. The van der Waals surface area contributed by atoms with Crippen LogP contribution in [0.4, 0.5) is 23.0 Å². The topological polar surface area (TPSA) is 65.6 Å². The Labute approximate surface area is 176 Å². The molecule has 5 rings (SSSR count). The van der Waals surface area contributed by atoms with Gasteiger partial charge in [-0.3, -0.25) is 4.84 Å². The van der Waals surface area contributed by atoms with Gasteiger partial charge < -0.3 is 15.5 Å². The Balaban J connectivity index is 1.30. The van der Waals surface area contributed by atoms with Crippen molar-refractivity contribution < 1.29 is 4.84 Å². The molecule has 0 amide bonds. The maximum Gasteiger partial charge on any atom is 0.158 e. The van der Waals surface area contributed by atoms with Gasteiger partial charge in [0, 0.05) is 50.0 Å². The van der Waals surface area contributed by atoms with Crippen LogP contribution >= 0.6 is 0 Å². The van der Waals surface area contributed by atoms with Crippen LogP contribution in [0.1, 0.15) is 18.0 Å². The van der Waals surface area contributed by atoms with Crippen molar-refractivity contribution in [2.45, 2.75) is 12.5 Å². The molecule has 2 aliphatic heterocycles. The van der Waals surface area contributed by atoms with Crippen LogP contribution in [0.2, 0.25) is 0 Å². The predicted molar refractivity (Wildman–Crippen MR) is 119 cm³/mol. The third kappa shape index (κ3) is 4.08. The van der Waals surface area contributed by atoms with Crippen LogP contribution in [-0.4, -0.2) is 42.8 Å². The fourth-order valence-electron chi connectivity index (χ4n) is 4.04. The normalized spacial score (nSPS) is 19.1. The minimum atomic E-state index is 0.160. The molecule has 2 N–H and O–H groups in total. The largest absolute Gasteiger partial charge is 0.369 e. The molecule has 0 radical (unpaired) electrons. The Morgan fingerprint density at radius 1 is 0.967 bits per heavy atom. The van der Waals surface area contributed by atoms with E-state index < -0.39 is 0 Å². The molecule has 154 valence electrons. The third-order valence-electron chi connectivity index (χ3n) is 5.59. The number of hydrogen-bond donors (Lipinski definition) is 2. The molecular formula is C23H26N6O. The van der Waals surface area contributed by atoms with Crippen LogP contribution in [0.15, 0.2) is 67.0 Å². The number of hydroxylamine groups is 1. The second kappa shape index (κ2) is 8.69. The predicted octanol–water partition coefficient (Wildman–Crippen LogP) is 3.51. The first-order chi connectivity index (χ1) is 14.9. The van der Waals surface area contributed by atoms with Crippen molar-refractivity contribution in [3.05, 3.63) is 72.6 Å². The quantitative estimate of drug-likeness (QED) is 0.677. The van der Waals surface area contributed by atoms with Crippen molar-refractivity contribution in [2.75, 3.05) is 48.1 Å². The second-order valence-electron chi connectivity index (χ2n) is 7.54. The summed E-state index contributed by atoms with van der Waals surface area (Å²) in [5.74, 6) is 1.51. The standard InChI is InChI=1S/C23H26N6O/c1-2-4-18(5-3-1)21-10-15-30-29(21)23-16-22(25-17-26-23)27-19-6-8-20(9-7-19)28-13-11-24-12-14-28/h1-9,16-17,21,24H,10-15H2,(H,25,26,27). The number of nitrogens with one attached hydrogen (secondary N) is 2. The lowest BCUT2D eigenvalue weighted by atomic mass is 10.0. The van der Waals surface area contributed by atoms with Crippen LogP contribution in [0, 0.1) is 0 Å². The Kier molecular flexibility index (Phi) is 5.46. The SMILES string of the molecule is c1ccc(C2CCON2c2cc(Nc3ccc(N4CCNCC4)cc3)ncn2)cc1. The van der Waals surface area contributed by atoms with Crippen molar-refractivity contribution in [2.24, 2.45) is 0 Å². The third-order valence-corrected chi connectivity index (χ3v) is 5.59. The van der Waals surface area contributed by atoms with E-state index in [1.54, 1.807) is 6.33 Å². The summed E-state index contributed by atoms with van der Waals surface area (Å²) in [6.07, 6.45) is 2.51. The summed E-state index contributed by atoms with van der Waals surface area (Å²) in [6, 6.07) is 21.0. The minimum absolute atomic E-state index is 0.160. The van der Waals surface area contributed by atoms with Crippen LogP contribution < -0.4 is 20.6 Å². The van der Waals surface area contributed by atoms with E-state index in [0.717, 1.165) is 49.9 Å². The highest BCUT2D eigenvalue weighted by Crippen LogP contribution is 2.34.